The van der Waals surface area contributed by atoms with Crippen LogP contribution in [0.25, 0.3) is 0 Å². The van der Waals surface area contributed by atoms with E-state index in [4.69, 9.17) is 0 Å². The number of nitrogens with one attached hydrogen (secondary N) is 2. The monoisotopic (exact) mass is 445 g/mol. The molecule has 0 spiro atoms. The predicted molar refractivity (Wildman–Crippen MR) is 125 cm³/mol. The van der Waals surface area contributed by atoms with Crippen molar-refractivity contribution in [3.63, 3.8) is 0 Å². The largest absolute Gasteiger partial charge is 0.352 e. The second-order valence-electron chi connectivity index (χ2n) is 7.98. The van der Waals surface area contributed by atoms with Gasteiger partial charge in [0.05, 0.1) is 23.2 Å². The Morgan fingerprint density at radius 2 is 1.77 bits per heavy atom. The highest BCUT2D eigenvalue weighted by Gasteiger charge is 2.18. The van der Waals surface area contributed by atoms with Crippen molar-refractivity contribution in [1.82, 2.24) is 5.32 Å². The normalized spacial score (nSPS) is 11.3. The Morgan fingerprint density at radius 3 is 2.42 bits per heavy atom. The molecular weight excluding hydrogens is 414 g/mol. The Labute approximate surface area is 184 Å². The van der Waals surface area contributed by atoms with E-state index >= 15 is 0 Å². The average molecular weight is 446 g/mol. The van der Waals surface area contributed by atoms with Crippen molar-refractivity contribution < 1.29 is 18.0 Å². The van der Waals surface area contributed by atoms with E-state index in [2.05, 4.69) is 10.6 Å². The first kappa shape index (κ1) is 24.4. The topological polar surface area (TPSA) is 95.6 Å². The highest BCUT2D eigenvalue weighted by Crippen LogP contribution is 2.20. The van der Waals surface area contributed by atoms with Gasteiger partial charge in [-0.2, -0.15) is 0 Å². The zero-order valence-corrected chi connectivity index (χ0v) is 19.3. The molecule has 0 fully saturated rings. The Kier molecular flexibility index (Phi) is 8.62. The van der Waals surface area contributed by atoms with Crippen molar-refractivity contribution in [2.45, 2.75) is 33.6 Å². The van der Waals surface area contributed by atoms with E-state index in [1.807, 2.05) is 26.8 Å². The fraction of sp³-hybridized carbons (Fsp3) is 0.391. The molecule has 0 aliphatic heterocycles. The highest BCUT2D eigenvalue weighted by molar-refractivity contribution is 7.92. The quantitative estimate of drug-likeness (QED) is 0.584. The van der Waals surface area contributed by atoms with Crippen molar-refractivity contribution in [1.29, 1.82) is 0 Å². The molecule has 2 N–H and O–H groups in total. The van der Waals surface area contributed by atoms with E-state index in [1.54, 1.807) is 42.5 Å². The minimum absolute atomic E-state index is 0.125. The van der Waals surface area contributed by atoms with Crippen LogP contribution in [0.3, 0.4) is 0 Å². The summed E-state index contributed by atoms with van der Waals surface area (Å²) in [5.41, 5.74) is 2.37. The lowest BCUT2D eigenvalue weighted by Gasteiger charge is -2.22. The molecule has 0 saturated heterocycles. The number of anilines is 2. The molecular formula is C23H31N3O4S. The number of benzene rings is 2. The molecule has 2 aromatic carbocycles. The first-order valence-electron chi connectivity index (χ1n) is 10.3. The van der Waals surface area contributed by atoms with Gasteiger partial charge in [0.15, 0.2) is 0 Å². The number of carbonyl (C=O) groups excluding carboxylic acids is 2. The SMILES string of the molecule is Cc1cccc(N(CCCC(=O)Nc2ccccc2C(=O)NCC(C)C)S(C)(=O)=O)c1. The predicted octanol–water partition coefficient (Wildman–Crippen LogP) is 3.57. The second-order valence-corrected chi connectivity index (χ2v) is 9.88. The van der Waals surface area contributed by atoms with Crippen molar-refractivity contribution >= 4 is 33.2 Å². The van der Waals surface area contributed by atoms with E-state index in [0.29, 0.717) is 35.8 Å². The van der Waals surface area contributed by atoms with Crippen molar-refractivity contribution in [3.05, 3.63) is 59.7 Å². The second kappa shape index (κ2) is 10.9. The van der Waals surface area contributed by atoms with E-state index in [0.717, 1.165) is 11.8 Å². The standard InChI is InChI=1S/C23H31N3O4S/c1-17(2)16-24-23(28)20-11-5-6-12-21(20)25-22(27)13-8-14-26(31(4,29)30)19-10-7-9-18(3)15-19/h5-7,9-12,15,17H,8,13-14,16H2,1-4H3,(H,24,28)(H,25,27). The van der Waals surface area contributed by atoms with Crippen molar-refractivity contribution in [2.24, 2.45) is 5.92 Å². The van der Waals surface area contributed by atoms with Crippen LogP contribution < -0.4 is 14.9 Å². The Bertz CT molecular complexity index is 1020. The number of carbonyl (C=O) groups is 2. The first-order chi connectivity index (χ1) is 14.6. The van der Waals surface area contributed by atoms with Crippen LogP contribution in [0.1, 0.15) is 42.6 Å². The van der Waals surface area contributed by atoms with E-state index in [-0.39, 0.29) is 24.8 Å². The van der Waals surface area contributed by atoms with Crippen LogP contribution in [0, 0.1) is 12.8 Å². The minimum atomic E-state index is -3.47. The average Bonchev–Trinajstić information content (AvgIpc) is 2.68. The maximum Gasteiger partial charge on any atom is 0.253 e. The maximum absolute atomic E-state index is 12.5. The summed E-state index contributed by atoms with van der Waals surface area (Å²) in [6.07, 6.45) is 1.62. The van der Waals surface area contributed by atoms with Crippen molar-refractivity contribution in [2.75, 3.05) is 29.0 Å². The summed E-state index contributed by atoms with van der Waals surface area (Å²) in [7, 11) is -3.47. The Morgan fingerprint density at radius 1 is 1.06 bits per heavy atom. The third-order valence-corrected chi connectivity index (χ3v) is 5.77. The van der Waals surface area contributed by atoms with Gasteiger partial charge in [0, 0.05) is 19.5 Å². The Hall–Kier alpha value is -2.87. The molecule has 0 atom stereocenters. The zero-order valence-electron chi connectivity index (χ0n) is 18.5. The molecule has 0 aromatic heterocycles. The fourth-order valence-corrected chi connectivity index (χ4v) is 4.00. The third kappa shape index (κ3) is 7.71. The van der Waals surface area contributed by atoms with Gasteiger partial charge in [0.25, 0.3) is 5.91 Å². The van der Waals surface area contributed by atoms with Gasteiger partial charge in [-0.1, -0.05) is 38.1 Å². The van der Waals surface area contributed by atoms with Crippen LogP contribution in [0.15, 0.2) is 48.5 Å². The van der Waals surface area contributed by atoms with E-state index < -0.39 is 10.0 Å². The molecule has 168 valence electrons. The molecule has 0 bridgehead atoms. The van der Waals surface area contributed by atoms with Gasteiger partial charge < -0.3 is 10.6 Å². The van der Waals surface area contributed by atoms with Crippen LogP contribution in [0.5, 0.6) is 0 Å². The molecule has 0 saturated carbocycles. The molecule has 2 amide bonds. The van der Waals surface area contributed by atoms with Gasteiger partial charge >= 0.3 is 0 Å². The first-order valence-corrected chi connectivity index (χ1v) is 12.1. The number of nitrogens with zero attached hydrogens (tertiary/aromatic N) is 1. The molecule has 31 heavy (non-hydrogen) atoms. The summed E-state index contributed by atoms with van der Waals surface area (Å²) < 4.78 is 25.7. The molecule has 0 aliphatic rings. The summed E-state index contributed by atoms with van der Waals surface area (Å²) >= 11 is 0. The molecule has 0 aliphatic carbocycles. The molecule has 0 heterocycles. The third-order valence-electron chi connectivity index (χ3n) is 4.57. The number of aryl methyl sites for hydroxylation is 1. The molecule has 2 aromatic rings. The van der Waals surface area contributed by atoms with Gasteiger partial charge in [-0.25, -0.2) is 8.42 Å². The summed E-state index contributed by atoms with van der Waals surface area (Å²) in [5.74, 6) is -0.203. The molecule has 7 nitrogen and oxygen atoms in total. The summed E-state index contributed by atoms with van der Waals surface area (Å²) in [6.45, 7) is 6.63. The molecule has 2 rings (SSSR count). The zero-order chi connectivity index (χ0) is 23.0. The molecule has 8 heteroatoms. The van der Waals surface area contributed by atoms with Crippen molar-refractivity contribution in [3.8, 4) is 0 Å². The van der Waals surface area contributed by atoms with E-state index in [9.17, 15) is 18.0 Å². The van der Waals surface area contributed by atoms with Gasteiger partial charge in [0.2, 0.25) is 15.9 Å². The minimum Gasteiger partial charge on any atom is -0.352 e. The van der Waals surface area contributed by atoms with Crippen LogP contribution in [-0.4, -0.2) is 39.6 Å². The van der Waals surface area contributed by atoms with Crippen LogP contribution in [-0.2, 0) is 14.8 Å². The lowest BCUT2D eigenvalue weighted by molar-refractivity contribution is -0.116. The van der Waals surface area contributed by atoms with Gasteiger partial charge in [-0.15, -0.1) is 0 Å². The number of rotatable bonds is 10. The number of sulfonamides is 1. The fourth-order valence-electron chi connectivity index (χ4n) is 3.05. The van der Waals surface area contributed by atoms with Crippen LogP contribution in [0.4, 0.5) is 11.4 Å². The number of amides is 2. The summed E-state index contributed by atoms with van der Waals surface area (Å²) in [5, 5.41) is 5.62. The molecule has 0 radical (unpaired) electrons. The lowest BCUT2D eigenvalue weighted by Crippen LogP contribution is -2.31. The van der Waals surface area contributed by atoms with Gasteiger partial charge in [-0.3, -0.25) is 13.9 Å². The number of hydrogen-bond donors (Lipinski definition) is 2. The summed E-state index contributed by atoms with van der Waals surface area (Å²) in [4.78, 5) is 24.9. The van der Waals surface area contributed by atoms with E-state index in [1.165, 1.54) is 4.31 Å². The maximum atomic E-state index is 12.5. The molecule has 0 unspecified atom stereocenters. The lowest BCUT2D eigenvalue weighted by atomic mass is 10.1. The van der Waals surface area contributed by atoms with Gasteiger partial charge in [0.1, 0.15) is 0 Å². The van der Waals surface area contributed by atoms with Crippen LogP contribution in [0.2, 0.25) is 0 Å². The summed E-state index contributed by atoms with van der Waals surface area (Å²) in [6, 6.07) is 14.1. The number of para-hydroxylation sites is 1. The van der Waals surface area contributed by atoms with Crippen LogP contribution >= 0.6 is 0 Å². The highest BCUT2D eigenvalue weighted by atomic mass is 32.2. The number of hydrogen-bond acceptors (Lipinski definition) is 4. The smallest absolute Gasteiger partial charge is 0.253 e. The van der Waals surface area contributed by atoms with Gasteiger partial charge in [-0.05, 0) is 49.1 Å². The Balaban J connectivity index is 2.00.